The summed E-state index contributed by atoms with van der Waals surface area (Å²) < 4.78 is 0. The zero-order valence-corrected chi connectivity index (χ0v) is 8.61. The van der Waals surface area contributed by atoms with E-state index in [0.717, 1.165) is 6.42 Å². The van der Waals surface area contributed by atoms with Gasteiger partial charge in [-0.25, -0.2) is 0 Å². The molecule has 0 aliphatic carbocycles. The average Bonchev–Trinajstić information content (AvgIpc) is 2.22. The van der Waals surface area contributed by atoms with Crippen molar-refractivity contribution in [3.8, 4) is 0 Å². The second-order valence-electron chi connectivity index (χ2n) is 2.79. The van der Waals surface area contributed by atoms with E-state index in [2.05, 4.69) is 5.32 Å². The van der Waals surface area contributed by atoms with Gasteiger partial charge in [-0.3, -0.25) is 0 Å². The highest BCUT2D eigenvalue weighted by molar-refractivity contribution is 5.14. The molecule has 0 saturated heterocycles. The Morgan fingerprint density at radius 2 is 1.71 bits per heavy atom. The van der Waals surface area contributed by atoms with Crippen LogP contribution in [-0.2, 0) is 6.42 Å². The number of nitrogens with one attached hydrogen (secondary N) is 1. The van der Waals surface area contributed by atoms with Crippen LogP contribution in [0.15, 0.2) is 30.3 Å². The van der Waals surface area contributed by atoms with Crippen LogP contribution in [-0.4, -0.2) is 37.0 Å². The first kappa shape index (κ1) is 13.1. The van der Waals surface area contributed by atoms with E-state index in [-0.39, 0.29) is 13.2 Å². The predicted octanol–water partition coefficient (Wildman–Crippen LogP) is 0.419. The van der Waals surface area contributed by atoms with E-state index in [4.69, 9.17) is 10.2 Å². The molecule has 0 unspecified atom stereocenters. The maximum absolute atomic E-state index is 8.52. The summed E-state index contributed by atoms with van der Waals surface area (Å²) in [5.74, 6) is 0. The molecule has 1 aromatic carbocycles. The maximum atomic E-state index is 8.52. The fraction of sp³-hybridized carbons (Fsp3) is 0.455. The van der Waals surface area contributed by atoms with Crippen molar-refractivity contribution >= 4 is 0 Å². The summed E-state index contributed by atoms with van der Waals surface area (Å²) in [4.78, 5) is 0. The van der Waals surface area contributed by atoms with E-state index in [9.17, 15) is 0 Å². The highest BCUT2D eigenvalue weighted by Gasteiger charge is 1.85. The Morgan fingerprint density at radius 1 is 1.07 bits per heavy atom. The largest absolute Gasteiger partial charge is 0.396 e. The summed E-state index contributed by atoms with van der Waals surface area (Å²) in [5.41, 5.74) is 1.19. The first-order chi connectivity index (χ1) is 6.85. The second-order valence-corrected chi connectivity index (χ2v) is 2.79. The number of likely N-dealkylation sites (N-methyl/N-ethyl adjacent to an activating group) is 1. The Bertz CT molecular complexity index is 200. The fourth-order valence-electron chi connectivity index (χ4n) is 0.886. The summed E-state index contributed by atoms with van der Waals surface area (Å²) in [6.07, 6.45) is 0.765. The van der Waals surface area contributed by atoms with Crippen molar-refractivity contribution in [1.29, 1.82) is 0 Å². The molecule has 0 atom stereocenters. The number of hydrogen-bond acceptors (Lipinski definition) is 3. The Kier molecular flexibility index (Phi) is 9.53. The van der Waals surface area contributed by atoms with E-state index in [1.165, 1.54) is 5.56 Å². The Balaban J connectivity index is 0.000000292. The molecule has 1 aromatic rings. The molecular formula is C11H19NO2. The lowest BCUT2D eigenvalue weighted by molar-refractivity contribution is 0.296. The van der Waals surface area contributed by atoms with Crippen LogP contribution in [0.2, 0.25) is 0 Å². The highest BCUT2D eigenvalue weighted by Crippen LogP contribution is 1.97. The van der Waals surface area contributed by atoms with E-state index in [1.807, 2.05) is 30.3 Å². The van der Waals surface area contributed by atoms with Crippen LogP contribution in [0.3, 0.4) is 0 Å². The summed E-state index contributed by atoms with van der Waals surface area (Å²) in [6, 6.07) is 9.95. The smallest absolute Gasteiger partial charge is 0.0555 e. The third-order valence-corrected chi connectivity index (χ3v) is 1.61. The third kappa shape index (κ3) is 7.73. The van der Waals surface area contributed by atoms with Crippen molar-refractivity contribution in [3.05, 3.63) is 35.9 Å². The number of aliphatic hydroxyl groups excluding tert-OH is 2. The zero-order chi connectivity index (χ0) is 10.6. The molecule has 0 aliphatic rings. The molecule has 0 fully saturated rings. The number of rotatable bonds is 4. The van der Waals surface area contributed by atoms with E-state index >= 15 is 0 Å². The van der Waals surface area contributed by atoms with Crippen LogP contribution in [0, 0.1) is 0 Å². The molecule has 3 N–H and O–H groups in total. The van der Waals surface area contributed by atoms with Crippen molar-refractivity contribution in [3.63, 3.8) is 0 Å². The molecule has 0 aromatic heterocycles. The summed E-state index contributed by atoms with van der Waals surface area (Å²) >= 11 is 0. The van der Waals surface area contributed by atoms with Crippen LogP contribution in [0.25, 0.3) is 0 Å². The Labute approximate surface area is 85.4 Å². The molecule has 0 bridgehead atoms. The molecular weight excluding hydrogens is 178 g/mol. The Morgan fingerprint density at radius 3 is 2.07 bits per heavy atom. The van der Waals surface area contributed by atoms with Crippen LogP contribution < -0.4 is 5.32 Å². The minimum atomic E-state index is 0.233. The van der Waals surface area contributed by atoms with Crippen molar-refractivity contribution < 1.29 is 10.2 Å². The van der Waals surface area contributed by atoms with Gasteiger partial charge in [0.2, 0.25) is 0 Å². The van der Waals surface area contributed by atoms with Gasteiger partial charge in [0.25, 0.3) is 0 Å². The van der Waals surface area contributed by atoms with E-state index < -0.39 is 0 Å². The molecule has 0 heterocycles. The minimum Gasteiger partial charge on any atom is -0.396 e. The average molecular weight is 197 g/mol. The molecule has 1 rings (SSSR count). The quantitative estimate of drug-likeness (QED) is 0.655. The van der Waals surface area contributed by atoms with Crippen molar-refractivity contribution in [2.24, 2.45) is 0 Å². The first-order valence-electron chi connectivity index (χ1n) is 4.75. The standard InChI is InChI=1S/C8H10O.C3H9NO/c9-7-6-8-4-2-1-3-5-8;1-4-2-3-5/h1-5,9H,6-7H2;4-5H,2-3H2,1H3. The first-order valence-corrected chi connectivity index (χ1v) is 4.75. The normalized spacial score (nSPS) is 9.07. The molecule has 0 aliphatic heterocycles. The summed E-state index contributed by atoms with van der Waals surface area (Å²) in [7, 11) is 1.80. The van der Waals surface area contributed by atoms with E-state index in [0.29, 0.717) is 6.54 Å². The molecule has 0 spiro atoms. The third-order valence-electron chi connectivity index (χ3n) is 1.61. The predicted molar refractivity (Wildman–Crippen MR) is 58.2 cm³/mol. The number of hydrogen-bond donors (Lipinski definition) is 3. The number of aliphatic hydroxyl groups is 2. The van der Waals surface area contributed by atoms with Gasteiger partial charge >= 0.3 is 0 Å². The topological polar surface area (TPSA) is 52.5 Å². The van der Waals surface area contributed by atoms with Crippen molar-refractivity contribution in [2.75, 3.05) is 26.8 Å². The molecule has 3 heteroatoms. The molecule has 14 heavy (non-hydrogen) atoms. The van der Waals surface area contributed by atoms with Gasteiger partial charge in [-0.2, -0.15) is 0 Å². The second kappa shape index (κ2) is 10.2. The number of benzene rings is 1. The lowest BCUT2D eigenvalue weighted by Crippen LogP contribution is -2.10. The van der Waals surface area contributed by atoms with Gasteiger partial charge in [0.05, 0.1) is 6.61 Å². The van der Waals surface area contributed by atoms with Gasteiger partial charge < -0.3 is 15.5 Å². The molecule has 80 valence electrons. The van der Waals surface area contributed by atoms with Gasteiger partial charge in [-0.1, -0.05) is 30.3 Å². The van der Waals surface area contributed by atoms with Crippen LogP contribution in [0.1, 0.15) is 5.56 Å². The van der Waals surface area contributed by atoms with Crippen LogP contribution >= 0.6 is 0 Å². The van der Waals surface area contributed by atoms with Crippen LogP contribution in [0.5, 0.6) is 0 Å². The summed E-state index contributed by atoms with van der Waals surface area (Å²) in [6.45, 7) is 1.17. The minimum absolute atomic E-state index is 0.233. The highest BCUT2D eigenvalue weighted by atomic mass is 16.3. The van der Waals surface area contributed by atoms with Crippen LogP contribution in [0.4, 0.5) is 0 Å². The SMILES string of the molecule is CNCCO.OCCc1ccccc1. The lowest BCUT2D eigenvalue weighted by atomic mass is 10.2. The zero-order valence-electron chi connectivity index (χ0n) is 8.61. The van der Waals surface area contributed by atoms with Gasteiger partial charge in [0.15, 0.2) is 0 Å². The van der Waals surface area contributed by atoms with Gasteiger partial charge in [0, 0.05) is 13.2 Å². The van der Waals surface area contributed by atoms with Gasteiger partial charge in [0.1, 0.15) is 0 Å². The fourth-order valence-corrected chi connectivity index (χ4v) is 0.886. The lowest BCUT2D eigenvalue weighted by Gasteiger charge is -1.93. The van der Waals surface area contributed by atoms with Gasteiger partial charge in [-0.05, 0) is 19.0 Å². The summed E-state index contributed by atoms with van der Waals surface area (Å²) in [5, 5.41) is 19.3. The monoisotopic (exact) mass is 197 g/mol. The van der Waals surface area contributed by atoms with Gasteiger partial charge in [-0.15, -0.1) is 0 Å². The molecule has 0 radical (unpaired) electrons. The molecule has 0 amide bonds. The van der Waals surface area contributed by atoms with Crippen molar-refractivity contribution in [2.45, 2.75) is 6.42 Å². The Hall–Kier alpha value is -0.900. The molecule has 3 nitrogen and oxygen atoms in total. The molecule has 0 saturated carbocycles. The van der Waals surface area contributed by atoms with E-state index in [1.54, 1.807) is 7.05 Å². The van der Waals surface area contributed by atoms with Crippen molar-refractivity contribution in [1.82, 2.24) is 5.32 Å². The maximum Gasteiger partial charge on any atom is 0.0555 e.